The molecule has 0 bridgehead atoms. The Morgan fingerprint density at radius 2 is 1.05 bits per heavy atom. The zero-order valence-corrected chi connectivity index (χ0v) is 14.5. The van der Waals surface area contributed by atoms with Crippen LogP contribution in [-0.4, -0.2) is 9.97 Å². The van der Waals surface area contributed by atoms with E-state index in [0.717, 1.165) is 17.3 Å². The average molecular weight is 266 g/mol. The van der Waals surface area contributed by atoms with Crippen molar-refractivity contribution < 1.29 is 0 Å². The lowest BCUT2D eigenvalue weighted by molar-refractivity contribution is 0.626. The lowest BCUT2D eigenvalue weighted by atomic mass is 10.0. The van der Waals surface area contributed by atoms with E-state index in [1.165, 1.54) is 6.42 Å². The molecule has 0 saturated carbocycles. The fourth-order valence-corrected chi connectivity index (χ4v) is 1.25. The van der Waals surface area contributed by atoms with Crippen molar-refractivity contribution in [3.8, 4) is 0 Å². The second-order valence-corrected chi connectivity index (χ2v) is 5.44. The van der Waals surface area contributed by atoms with Gasteiger partial charge in [-0.3, -0.25) is 9.97 Å². The molecular weight excluding hydrogens is 232 g/mol. The standard InChI is InChI=1S/C10H16N2.C5H12.C2H6/c1-7(2)9-10(8(3)4)12-6-5-11-9;1-4-5(2)3;1-2/h5-8H,1-4H3;5H,4H2,1-3H3;1-2H3. The summed E-state index contributed by atoms with van der Waals surface area (Å²) in [6.45, 7) is 19.2. The molecule has 19 heavy (non-hydrogen) atoms. The van der Waals surface area contributed by atoms with Crippen LogP contribution in [0.4, 0.5) is 0 Å². The van der Waals surface area contributed by atoms with E-state index < -0.39 is 0 Å². The molecule has 1 aromatic heterocycles. The van der Waals surface area contributed by atoms with Crippen LogP contribution in [0.25, 0.3) is 0 Å². The molecule has 1 heterocycles. The highest BCUT2D eigenvalue weighted by atomic mass is 14.8. The van der Waals surface area contributed by atoms with Gasteiger partial charge in [0.15, 0.2) is 0 Å². The molecule has 1 aromatic rings. The molecule has 0 amide bonds. The van der Waals surface area contributed by atoms with E-state index in [-0.39, 0.29) is 0 Å². The topological polar surface area (TPSA) is 25.8 Å². The van der Waals surface area contributed by atoms with Gasteiger partial charge in [0.05, 0.1) is 11.4 Å². The van der Waals surface area contributed by atoms with Crippen molar-refractivity contribution in [2.75, 3.05) is 0 Å². The van der Waals surface area contributed by atoms with E-state index in [4.69, 9.17) is 0 Å². The maximum Gasteiger partial charge on any atom is 0.0646 e. The zero-order valence-electron chi connectivity index (χ0n) is 14.5. The summed E-state index contributed by atoms with van der Waals surface area (Å²) in [4.78, 5) is 8.67. The van der Waals surface area contributed by atoms with Crippen LogP contribution in [0.15, 0.2) is 12.4 Å². The Bertz CT molecular complexity index is 277. The van der Waals surface area contributed by atoms with Crippen LogP contribution in [0.5, 0.6) is 0 Å². The minimum atomic E-state index is 0.469. The molecule has 0 aliphatic carbocycles. The molecule has 1 rings (SSSR count). The molecule has 0 unspecified atom stereocenters. The van der Waals surface area contributed by atoms with Crippen LogP contribution in [0.1, 0.15) is 92.0 Å². The summed E-state index contributed by atoms with van der Waals surface area (Å²) < 4.78 is 0. The van der Waals surface area contributed by atoms with Crippen molar-refractivity contribution in [1.29, 1.82) is 0 Å². The smallest absolute Gasteiger partial charge is 0.0646 e. The highest BCUT2D eigenvalue weighted by Crippen LogP contribution is 2.20. The lowest BCUT2D eigenvalue weighted by Crippen LogP contribution is -2.03. The van der Waals surface area contributed by atoms with Crippen LogP contribution in [0.3, 0.4) is 0 Å². The molecule has 0 saturated heterocycles. The van der Waals surface area contributed by atoms with Gasteiger partial charge >= 0.3 is 0 Å². The third-order valence-electron chi connectivity index (χ3n) is 2.67. The van der Waals surface area contributed by atoms with Gasteiger partial charge in [0.2, 0.25) is 0 Å². The Hall–Kier alpha value is -0.920. The van der Waals surface area contributed by atoms with Crippen LogP contribution in [0, 0.1) is 5.92 Å². The number of hydrogen-bond donors (Lipinski definition) is 0. The first kappa shape index (κ1) is 20.4. The van der Waals surface area contributed by atoms with Gasteiger partial charge in [-0.1, -0.05) is 68.7 Å². The van der Waals surface area contributed by atoms with Crippen molar-refractivity contribution in [2.24, 2.45) is 5.92 Å². The first-order valence-electron chi connectivity index (χ1n) is 7.70. The third kappa shape index (κ3) is 9.63. The van der Waals surface area contributed by atoms with E-state index in [1.807, 2.05) is 13.8 Å². The first-order chi connectivity index (χ1) is 8.90. The zero-order chi connectivity index (χ0) is 15.4. The summed E-state index contributed by atoms with van der Waals surface area (Å²) in [5.41, 5.74) is 2.26. The Morgan fingerprint density at radius 1 is 0.789 bits per heavy atom. The van der Waals surface area contributed by atoms with Crippen LogP contribution < -0.4 is 0 Å². The molecule has 112 valence electrons. The van der Waals surface area contributed by atoms with E-state index >= 15 is 0 Å². The first-order valence-corrected chi connectivity index (χ1v) is 7.70. The lowest BCUT2D eigenvalue weighted by Gasteiger charge is -2.11. The van der Waals surface area contributed by atoms with Crippen molar-refractivity contribution in [1.82, 2.24) is 9.97 Å². The summed E-state index contributed by atoms with van der Waals surface area (Å²) in [7, 11) is 0. The summed E-state index contributed by atoms with van der Waals surface area (Å²) in [6.07, 6.45) is 4.84. The van der Waals surface area contributed by atoms with Gasteiger partial charge in [0.1, 0.15) is 0 Å². The molecule has 0 fully saturated rings. The Balaban J connectivity index is 0. The monoisotopic (exact) mass is 266 g/mol. The van der Waals surface area contributed by atoms with Crippen molar-refractivity contribution in [2.45, 2.75) is 80.6 Å². The van der Waals surface area contributed by atoms with Crippen LogP contribution in [0.2, 0.25) is 0 Å². The SMILES string of the molecule is CC.CC(C)c1nccnc1C(C)C.CCC(C)C. The van der Waals surface area contributed by atoms with Crippen LogP contribution >= 0.6 is 0 Å². The van der Waals surface area contributed by atoms with Gasteiger partial charge in [0.25, 0.3) is 0 Å². The summed E-state index contributed by atoms with van der Waals surface area (Å²) >= 11 is 0. The molecule has 0 aromatic carbocycles. The van der Waals surface area contributed by atoms with Crippen molar-refractivity contribution >= 4 is 0 Å². The van der Waals surface area contributed by atoms with Gasteiger partial charge in [0, 0.05) is 12.4 Å². The average Bonchev–Trinajstić information content (AvgIpc) is 2.41. The molecule has 0 aliphatic heterocycles. The Labute approximate surface area is 121 Å². The van der Waals surface area contributed by atoms with Gasteiger partial charge in [-0.2, -0.15) is 0 Å². The van der Waals surface area contributed by atoms with E-state index in [2.05, 4.69) is 58.4 Å². The normalized spacial score (nSPS) is 9.89. The molecular formula is C17H34N2. The maximum absolute atomic E-state index is 4.34. The molecule has 0 N–H and O–H groups in total. The quantitative estimate of drug-likeness (QED) is 0.690. The summed E-state index contributed by atoms with van der Waals surface area (Å²) in [5, 5.41) is 0. The van der Waals surface area contributed by atoms with Crippen molar-refractivity contribution in [3.05, 3.63) is 23.8 Å². The van der Waals surface area contributed by atoms with Gasteiger partial charge in [-0.05, 0) is 17.8 Å². The summed E-state index contributed by atoms with van der Waals surface area (Å²) in [6, 6.07) is 0. The van der Waals surface area contributed by atoms with E-state index in [9.17, 15) is 0 Å². The van der Waals surface area contributed by atoms with Crippen molar-refractivity contribution in [3.63, 3.8) is 0 Å². The van der Waals surface area contributed by atoms with E-state index in [1.54, 1.807) is 12.4 Å². The minimum absolute atomic E-state index is 0.469. The fraction of sp³-hybridized carbons (Fsp3) is 0.765. The van der Waals surface area contributed by atoms with Gasteiger partial charge in [-0.15, -0.1) is 0 Å². The van der Waals surface area contributed by atoms with Gasteiger partial charge in [-0.25, -0.2) is 0 Å². The predicted octanol–water partition coefficient (Wildman–Crippen LogP) is 5.80. The number of nitrogens with zero attached hydrogens (tertiary/aromatic N) is 2. The number of aromatic nitrogens is 2. The Kier molecular flexibility index (Phi) is 13.0. The molecule has 0 radical (unpaired) electrons. The fourth-order valence-electron chi connectivity index (χ4n) is 1.25. The number of rotatable bonds is 3. The highest BCUT2D eigenvalue weighted by molar-refractivity contribution is 5.17. The molecule has 0 aliphatic rings. The molecule has 0 spiro atoms. The summed E-state index contributed by atoms with van der Waals surface area (Å²) in [5.74, 6) is 1.82. The second kappa shape index (κ2) is 12.1. The van der Waals surface area contributed by atoms with E-state index in [0.29, 0.717) is 11.8 Å². The maximum atomic E-state index is 4.34. The molecule has 0 atom stereocenters. The minimum Gasteiger partial charge on any atom is -0.258 e. The predicted molar refractivity (Wildman–Crippen MR) is 86.7 cm³/mol. The second-order valence-electron chi connectivity index (χ2n) is 5.44. The highest BCUT2D eigenvalue weighted by Gasteiger charge is 2.11. The molecule has 2 nitrogen and oxygen atoms in total. The molecule has 2 heteroatoms. The third-order valence-corrected chi connectivity index (χ3v) is 2.67. The van der Waals surface area contributed by atoms with Crippen LogP contribution in [-0.2, 0) is 0 Å². The largest absolute Gasteiger partial charge is 0.258 e. The van der Waals surface area contributed by atoms with Gasteiger partial charge < -0.3 is 0 Å². The Morgan fingerprint density at radius 3 is 1.21 bits per heavy atom. The number of hydrogen-bond acceptors (Lipinski definition) is 2.